The number of carboxylic acid groups (broad SMARTS) is 1. The summed E-state index contributed by atoms with van der Waals surface area (Å²) in [6.07, 6.45) is 5.33. The summed E-state index contributed by atoms with van der Waals surface area (Å²) in [6.45, 7) is 6.75. The maximum absolute atomic E-state index is 13.8. The molecule has 1 saturated carbocycles. The van der Waals surface area contributed by atoms with Gasteiger partial charge in [0.05, 0.1) is 23.4 Å². The van der Waals surface area contributed by atoms with Crippen LogP contribution in [0.5, 0.6) is 0 Å². The normalized spacial score (nSPS) is 19.0. The summed E-state index contributed by atoms with van der Waals surface area (Å²) in [5.74, 6) is -1.77. The van der Waals surface area contributed by atoms with Crippen LogP contribution in [0, 0.1) is 5.92 Å². The predicted molar refractivity (Wildman–Crippen MR) is 184 cm³/mol. The Morgan fingerprint density at radius 2 is 1.51 bits per heavy atom. The second kappa shape index (κ2) is 17.6. The maximum Gasteiger partial charge on any atom is 2.00 e. The third-order valence-corrected chi connectivity index (χ3v) is 9.01. The molecule has 0 unspecified atom stereocenters. The number of aliphatic carboxylic acids is 1. The van der Waals surface area contributed by atoms with E-state index >= 15 is 0 Å². The van der Waals surface area contributed by atoms with Crippen LogP contribution in [0.25, 0.3) is 0 Å². The molecule has 1 saturated heterocycles. The molecule has 0 aromatic heterocycles. The van der Waals surface area contributed by atoms with Crippen LogP contribution in [0.15, 0.2) is 94.9 Å². The fourth-order valence-electron chi connectivity index (χ4n) is 6.78. The first kappa shape index (κ1) is 37.8. The van der Waals surface area contributed by atoms with E-state index < -0.39 is 29.7 Å². The van der Waals surface area contributed by atoms with E-state index in [1.54, 1.807) is 39.0 Å². The molecule has 1 aliphatic carbocycles. The number of nitrogens with zero attached hydrogens (tertiary/aromatic N) is 3. The molecular formula is C39H46N4NiO5. The van der Waals surface area contributed by atoms with Crippen LogP contribution >= 0.6 is 0 Å². The predicted octanol–water partition coefficient (Wildman–Crippen LogP) is 5.17. The van der Waals surface area contributed by atoms with Gasteiger partial charge in [0.25, 0.3) is 0 Å². The number of amides is 1. The Balaban J connectivity index is 0.00000541. The number of nitrogens with one attached hydrogen (secondary N) is 1. The summed E-state index contributed by atoms with van der Waals surface area (Å²) in [7, 11) is 0. The quantitative estimate of drug-likeness (QED) is 0.166. The molecule has 262 valence electrons. The van der Waals surface area contributed by atoms with Gasteiger partial charge in [-0.3, -0.25) is 14.9 Å². The van der Waals surface area contributed by atoms with Gasteiger partial charge in [0.1, 0.15) is 11.6 Å². The molecule has 9 nitrogen and oxygen atoms in total. The summed E-state index contributed by atoms with van der Waals surface area (Å²) in [5.41, 5.74) is 2.32. The molecule has 3 aromatic rings. The number of carbonyl (C=O) groups excluding carboxylic acids is 2. The number of aliphatic imine (C=N–C) groups is 2. The molecule has 5 rings (SSSR count). The Morgan fingerprint density at radius 3 is 2.16 bits per heavy atom. The van der Waals surface area contributed by atoms with Gasteiger partial charge in [0.15, 0.2) is 0 Å². The first-order chi connectivity index (χ1) is 23.1. The van der Waals surface area contributed by atoms with E-state index in [0.717, 1.165) is 50.6 Å². The van der Waals surface area contributed by atoms with Crippen molar-refractivity contribution in [1.82, 2.24) is 10.2 Å². The van der Waals surface area contributed by atoms with E-state index in [9.17, 15) is 19.8 Å². The first-order valence-electron chi connectivity index (χ1n) is 17.1. The number of para-hydroxylation sites is 1. The number of likely N-dealkylation sites (tertiary alicyclic amines) is 1. The molecule has 1 N–H and O–H groups in total. The molecule has 3 atom stereocenters. The minimum Gasteiger partial charge on any atom is -0.861 e. The molecule has 1 amide bonds. The van der Waals surface area contributed by atoms with E-state index in [2.05, 4.69) is 27.3 Å². The standard InChI is InChI=1S/C39H48N4O5.Ni/c1-39(2,3)48-38(47)42-34(29-20-11-6-12-21-29)35(37(45)46)41-33(28-18-9-5-10-19-28)30-22-13-14-23-31(30)40-36(44)32-24-15-25-43(32)26-27-16-7-4-8-17-27;/h4-5,7-10,13-14,16-19,22-23,29,32,34-35H,6,11-12,15,20-21,24-26H2,1-3H3,(H,40,44)(H,42,47)(H,45,46);/q;+2/p-2/t32-,34+,35-;/m0./s1. The number of carbonyl (C=O) groups is 2. The van der Waals surface area contributed by atoms with Crippen LogP contribution in [0.1, 0.15) is 82.4 Å². The zero-order valence-electron chi connectivity index (χ0n) is 28.5. The Bertz CT molecular complexity index is 1590. The monoisotopic (exact) mass is 708 g/mol. The van der Waals surface area contributed by atoms with Crippen molar-refractivity contribution in [2.45, 2.75) is 96.0 Å². The molecule has 3 aromatic carbocycles. The van der Waals surface area contributed by atoms with Crippen molar-refractivity contribution in [1.29, 1.82) is 0 Å². The van der Waals surface area contributed by atoms with Crippen molar-refractivity contribution >= 4 is 29.4 Å². The van der Waals surface area contributed by atoms with E-state index in [1.807, 2.05) is 54.6 Å². The Morgan fingerprint density at radius 1 is 0.878 bits per heavy atom. The SMILES string of the molecule is CC(C)(C)OC(=O)N[C@H](C1CCCCC1)[C@H](N=C(c1ccccc1)c1ccccc1N=C([O-])[C@@H]1CCCN1Cc1ccccc1)C(=O)[O-].[Ni+2]. The van der Waals surface area contributed by atoms with Crippen molar-refractivity contribution in [2.24, 2.45) is 15.9 Å². The molecular weight excluding hydrogens is 663 g/mol. The van der Waals surface area contributed by atoms with Crippen LogP contribution in [0.2, 0.25) is 0 Å². The number of benzene rings is 3. The van der Waals surface area contributed by atoms with Gasteiger partial charge < -0.3 is 25.1 Å². The molecule has 2 fully saturated rings. The van der Waals surface area contributed by atoms with Crippen molar-refractivity contribution in [2.75, 3.05) is 6.54 Å². The van der Waals surface area contributed by atoms with Crippen LogP contribution in [0.4, 0.5) is 10.5 Å². The summed E-state index contributed by atoms with van der Waals surface area (Å²) < 4.78 is 5.55. The molecule has 2 aliphatic rings. The van der Waals surface area contributed by atoms with Crippen LogP contribution in [-0.4, -0.2) is 58.8 Å². The number of ether oxygens (including phenoxy) is 1. The summed E-state index contributed by atoms with van der Waals surface area (Å²) >= 11 is 0. The molecule has 0 radical (unpaired) electrons. The summed E-state index contributed by atoms with van der Waals surface area (Å²) in [4.78, 5) is 37.7. The number of hydrogen-bond acceptors (Lipinski definition) is 8. The van der Waals surface area contributed by atoms with E-state index in [4.69, 9.17) is 9.73 Å². The average molecular weight is 710 g/mol. The number of hydrogen-bond donors (Lipinski definition) is 1. The number of alkyl carbamates (subject to hydrolysis) is 1. The zero-order chi connectivity index (χ0) is 34.1. The Labute approximate surface area is 299 Å². The van der Waals surface area contributed by atoms with E-state index in [1.165, 1.54) is 0 Å². The van der Waals surface area contributed by atoms with Crippen molar-refractivity contribution in [3.8, 4) is 0 Å². The largest absolute Gasteiger partial charge is 2.00 e. The summed E-state index contributed by atoms with van der Waals surface area (Å²) in [6, 6.07) is 23.9. The van der Waals surface area contributed by atoms with Crippen LogP contribution < -0.4 is 15.5 Å². The molecule has 49 heavy (non-hydrogen) atoms. The van der Waals surface area contributed by atoms with Crippen LogP contribution in [-0.2, 0) is 32.6 Å². The van der Waals surface area contributed by atoms with Gasteiger partial charge in [-0.2, -0.15) is 0 Å². The molecule has 0 bridgehead atoms. The zero-order valence-corrected chi connectivity index (χ0v) is 29.4. The number of carboxylic acids is 1. The third kappa shape index (κ3) is 10.5. The van der Waals surface area contributed by atoms with Crippen molar-refractivity contribution in [3.05, 3.63) is 102 Å². The average Bonchev–Trinajstić information content (AvgIpc) is 3.53. The van der Waals surface area contributed by atoms with Crippen molar-refractivity contribution in [3.63, 3.8) is 0 Å². The Kier molecular flexibility index (Phi) is 13.6. The molecule has 1 heterocycles. The van der Waals surface area contributed by atoms with Crippen molar-refractivity contribution < 1.29 is 41.0 Å². The topological polar surface area (TPSA) is 129 Å². The molecule has 1 aliphatic heterocycles. The van der Waals surface area contributed by atoms with Gasteiger partial charge in [0, 0.05) is 23.7 Å². The van der Waals surface area contributed by atoms with Gasteiger partial charge in [-0.15, -0.1) is 0 Å². The van der Waals surface area contributed by atoms with E-state index in [0.29, 0.717) is 35.5 Å². The second-order valence-electron chi connectivity index (χ2n) is 13.8. The minimum absolute atomic E-state index is 0. The fourth-order valence-corrected chi connectivity index (χ4v) is 6.78. The summed E-state index contributed by atoms with van der Waals surface area (Å²) in [5, 5.41) is 29.6. The third-order valence-electron chi connectivity index (χ3n) is 9.01. The van der Waals surface area contributed by atoms with Gasteiger partial charge in [-0.05, 0) is 76.4 Å². The smallest absolute Gasteiger partial charge is 0.861 e. The molecule has 10 heteroatoms. The fraction of sp³-hybridized carbons (Fsp3) is 0.436. The minimum atomic E-state index is -1.42. The van der Waals surface area contributed by atoms with Gasteiger partial charge >= 0.3 is 22.6 Å². The van der Waals surface area contributed by atoms with E-state index in [-0.39, 0.29) is 34.3 Å². The van der Waals surface area contributed by atoms with Gasteiger partial charge in [-0.1, -0.05) is 98.1 Å². The van der Waals surface area contributed by atoms with Gasteiger partial charge in [-0.25, -0.2) is 4.79 Å². The second-order valence-corrected chi connectivity index (χ2v) is 13.8. The number of rotatable bonds is 11. The van der Waals surface area contributed by atoms with Crippen LogP contribution in [0.3, 0.4) is 0 Å². The Hall–Kier alpha value is -4.01. The van der Waals surface area contributed by atoms with Gasteiger partial charge in [0.2, 0.25) is 0 Å². The maximum atomic E-state index is 13.8. The molecule has 0 spiro atoms. The first-order valence-corrected chi connectivity index (χ1v) is 17.1.